The number of halogens is 1. The largest absolute Gasteiger partial charge is 0.497 e. The molecule has 0 aromatic heterocycles. The Labute approximate surface area is 202 Å². The first-order valence-corrected chi connectivity index (χ1v) is 11.9. The number of amides is 1. The lowest BCUT2D eigenvalue weighted by Gasteiger charge is -2.11. The Kier molecular flexibility index (Phi) is 8.05. The Hall–Kier alpha value is -3.40. The van der Waals surface area contributed by atoms with Crippen molar-refractivity contribution in [1.82, 2.24) is 5.32 Å². The molecule has 3 rings (SSSR count). The summed E-state index contributed by atoms with van der Waals surface area (Å²) in [5.41, 5.74) is 1.62. The van der Waals surface area contributed by atoms with E-state index in [-0.39, 0.29) is 10.0 Å². The summed E-state index contributed by atoms with van der Waals surface area (Å²) in [4.78, 5) is 12.1. The van der Waals surface area contributed by atoms with Crippen molar-refractivity contribution in [2.24, 2.45) is 0 Å². The zero-order chi connectivity index (χ0) is 23.8. The topological polar surface area (TPSA) is 96.5 Å². The monoisotopic (exact) mass is 501 g/mol. The van der Waals surface area contributed by atoms with Crippen LogP contribution in [-0.2, 0) is 14.8 Å². The highest BCUT2D eigenvalue weighted by Gasteiger charge is 2.14. The molecule has 3 aromatic carbocycles. The molecular weight excluding hydrogens is 482 g/mol. The maximum Gasteiger partial charge on any atom is 0.261 e. The average Bonchev–Trinajstić information content (AvgIpc) is 2.79. The number of methoxy groups -OCH3 is 1. The van der Waals surface area contributed by atoms with Gasteiger partial charge in [0.1, 0.15) is 5.75 Å². The molecule has 0 fully saturated rings. The van der Waals surface area contributed by atoms with Crippen molar-refractivity contribution in [3.8, 4) is 5.75 Å². The normalized spacial score (nSPS) is 11.1. The lowest BCUT2D eigenvalue weighted by atomic mass is 10.2. The molecule has 0 saturated carbocycles. The van der Waals surface area contributed by atoms with Crippen LogP contribution in [0.4, 0.5) is 11.4 Å². The Morgan fingerprint density at radius 3 is 2.24 bits per heavy atom. The summed E-state index contributed by atoms with van der Waals surface area (Å²) in [5, 5.41) is 5.94. The second kappa shape index (κ2) is 11.0. The van der Waals surface area contributed by atoms with Crippen LogP contribution in [0.15, 0.2) is 83.8 Å². The minimum Gasteiger partial charge on any atom is -0.497 e. The second-order valence-corrected chi connectivity index (χ2v) is 9.15. The molecule has 33 heavy (non-hydrogen) atoms. The van der Waals surface area contributed by atoms with Gasteiger partial charge in [0.25, 0.3) is 10.0 Å². The molecule has 0 unspecified atom stereocenters. The number of anilines is 2. The van der Waals surface area contributed by atoms with Crippen molar-refractivity contribution < 1.29 is 17.9 Å². The van der Waals surface area contributed by atoms with Crippen molar-refractivity contribution in [3.05, 3.63) is 89.5 Å². The van der Waals surface area contributed by atoms with Crippen molar-refractivity contribution in [1.29, 1.82) is 0 Å². The van der Waals surface area contributed by atoms with E-state index in [1.54, 1.807) is 60.7 Å². The summed E-state index contributed by atoms with van der Waals surface area (Å²) < 4.78 is 32.7. The predicted octanol–water partition coefficient (Wildman–Crippen LogP) is 4.68. The van der Waals surface area contributed by atoms with Gasteiger partial charge in [0.15, 0.2) is 5.11 Å². The van der Waals surface area contributed by atoms with E-state index in [4.69, 9.17) is 28.6 Å². The first kappa shape index (κ1) is 24.2. The third-order valence-corrected chi connectivity index (χ3v) is 6.27. The van der Waals surface area contributed by atoms with Gasteiger partial charge in [-0.3, -0.25) is 14.8 Å². The molecular formula is C23H20ClN3O4S2. The zero-order valence-electron chi connectivity index (χ0n) is 17.4. The van der Waals surface area contributed by atoms with Gasteiger partial charge < -0.3 is 10.1 Å². The fraction of sp³-hybridized carbons (Fsp3) is 0.0435. The number of ether oxygens (including phenoxy) is 1. The summed E-state index contributed by atoms with van der Waals surface area (Å²) in [6, 6.07) is 19.6. The first-order chi connectivity index (χ1) is 15.8. The minimum atomic E-state index is -3.78. The molecule has 0 spiro atoms. The maximum absolute atomic E-state index is 12.6. The fourth-order valence-electron chi connectivity index (χ4n) is 2.68. The van der Waals surface area contributed by atoms with Crippen molar-refractivity contribution in [3.63, 3.8) is 0 Å². The van der Waals surface area contributed by atoms with Crippen molar-refractivity contribution in [2.45, 2.75) is 4.90 Å². The molecule has 0 aliphatic carbocycles. The number of sulfonamides is 1. The number of hydrogen-bond donors (Lipinski definition) is 3. The van der Waals surface area contributed by atoms with Crippen LogP contribution in [0.1, 0.15) is 5.56 Å². The SMILES string of the molecule is COc1ccc(NS(=O)(=O)c2ccc(NC(=S)NC(=O)/C=C/c3ccccc3Cl)cc2)cc1. The Bertz CT molecular complexity index is 1280. The van der Waals surface area contributed by atoms with Crippen LogP contribution in [0.5, 0.6) is 5.75 Å². The Balaban J connectivity index is 1.57. The number of rotatable bonds is 7. The van der Waals surface area contributed by atoms with Gasteiger partial charge in [-0.2, -0.15) is 0 Å². The molecule has 7 nitrogen and oxygen atoms in total. The predicted molar refractivity (Wildman–Crippen MR) is 135 cm³/mol. The van der Waals surface area contributed by atoms with Crippen LogP contribution in [0, 0.1) is 0 Å². The summed E-state index contributed by atoms with van der Waals surface area (Å²) in [6.45, 7) is 0. The molecule has 3 N–H and O–H groups in total. The highest BCUT2D eigenvalue weighted by atomic mass is 35.5. The van der Waals surface area contributed by atoms with E-state index in [0.29, 0.717) is 27.7 Å². The molecule has 170 valence electrons. The van der Waals surface area contributed by atoms with Gasteiger partial charge in [-0.25, -0.2) is 8.42 Å². The van der Waals surface area contributed by atoms with Gasteiger partial charge in [-0.1, -0.05) is 29.8 Å². The number of carbonyl (C=O) groups excluding carboxylic acids is 1. The molecule has 0 atom stereocenters. The first-order valence-electron chi connectivity index (χ1n) is 9.58. The molecule has 0 radical (unpaired) electrons. The van der Waals surface area contributed by atoms with E-state index < -0.39 is 15.9 Å². The zero-order valence-corrected chi connectivity index (χ0v) is 19.8. The molecule has 0 aliphatic rings. The van der Waals surface area contributed by atoms with Crippen LogP contribution in [-0.4, -0.2) is 26.5 Å². The summed E-state index contributed by atoms with van der Waals surface area (Å²) >= 11 is 11.2. The van der Waals surface area contributed by atoms with Crippen LogP contribution >= 0.6 is 23.8 Å². The lowest BCUT2D eigenvalue weighted by molar-refractivity contribution is -0.115. The van der Waals surface area contributed by atoms with E-state index in [1.807, 2.05) is 6.07 Å². The standard InChI is InChI=1S/C23H20ClN3O4S2/c1-31-19-11-7-18(8-12-19)27-33(29,30)20-13-9-17(10-14-20)25-23(32)26-22(28)15-6-16-4-2-3-5-21(16)24/h2-15,27H,1H3,(H2,25,26,28,32)/b15-6+. The summed E-state index contributed by atoms with van der Waals surface area (Å²) in [7, 11) is -2.24. The molecule has 10 heteroatoms. The number of carbonyl (C=O) groups is 1. The fourth-order valence-corrected chi connectivity index (χ4v) is 4.16. The average molecular weight is 502 g/mol. The molecule has 3 aromatic rings. The molecule has 0 saturated heterocycles. The summed E-state index contributed by atoms with van der Waals surface area (Å²) in [6.07, 6.45) is 2.89. The van der Waals surface area contributed by atoms with Gasteiger partial charge >= 0.3 is 0 Å². The van der Waals surface area contributed by atoms with E-state index in [9.17, 15) is 13.2 Å². The molecule has 0 bridgehead atoms. The summed E-state index contributed by atoms with van der Waals surface area (Å²) in [5.74, 6) is 0.186. The molecule has 0 heterocycles. The van der Waals surface area contributed by atoms with Gasteiger partial charge in [0.05, 0.1) is 12.0 Å². The molecule has 0 aliphatic heterocycles. The lowest BCUT2D eigenvalue weighted by Crippen LogP contribution is -2.32. The third kappa shape index (κ3) is 7.04. The quantitative estimate of drug-likeness (QED) is 0.321. The van der Waals surface area contributed by atoms with Crippen molar-refractivity contribution >= 4 is 62.3 Å². The number of nitrogens with one attached hydrogen (secondary N) is 3. The highest BCUT2D eigenvalue weighted by molar-refractivity contribution is 7.92. The van der Waals surface area contributed by atoms with E-state index in [0.717, 1.165) is 0 Å². The van der Waals surface area contributed by atoms with Gasteiger partial charge in [0, 0.05) is 22.5 Å². The van der Waals surface area contributed by atoms with Crippen LogP contribution < -0.4 is 20.1 Å². The number of hydrogen-bond acceptors (Lipinski definition) is 5. The van der Waals surface area contributed by atoms with Gasteiger partial charge in [0.2, 0.25) is 5.91 Å². The van der Waals surface area contributed by atoms with Crippen LogP contribution in [0.2, 0.25) is 5.02 Å². The number of benzene rings is 3. The smallest absolute Gasteiger partial charge is 0.261 e. The van der Waals surface area contributed by atoms with Crippen LogP contribution in [0.3, 0.4) is 0 Å². The van der Waals surface area contributed by atoms with Crippen LogP contribution in [0.25, 0.3) is 6.08 Å². The third-order valence-electron chi connectivity index (χ3n) is 4.32. The van der Waals surface area contributed by atoms with E-state index in [2.05, 4.69) is 15.4 Å². The van der Waals surface area contributed by atoms with E-state index >= 15 is 0 Å². The van der Waals surface area contributed by atoms with Crippen molar-refractivity contribution in [2.75, 3.05) is 17.1 Å². The highest BCUT2D eigenvalue weighted by Crippen LogP contribution is 2.20. The number of thiocarbonyl (C=S) groups is 1. The Morgan fingerprint density at radius 1 is 0.970 bits per heavy atom. The second-order valence-electron chi connectivity index (χ2n) is 6.66. The van der Waals surface area contributed by atoms with Gasteiger partial charge in [-0.05, 0) is 78.5 Å². The van der Waals surface area contributed by atoms with E-state index in [1.165, 1.54) is 25.3 Å². The Morgan fingerprint density at radius 2 is 1.61 bits per heavy atom. The van der Waals surface area contributed by atoms with Gasteiger partial charge in [-0.15, -0.1) is 0 Å². The maximum atomic E-state index is 12.6. The minimum absolute atomic E-state index is 0.0655. The molecule has 1 amide bonds.